The zero-order valence-corrected chi connectivity index (χ0v) is 14.0. The monoisotopic (exact) mass is 361 g/mol. The number of carbonyl (C=O) groups is 1. The maximum absolute atomic E-state index is 13.7. The van der Waals surface area contributed by atoms with Gasteiger partial charge in [-0.2, -0.15) is 0 Å². The van der Waals surface area contributed by atoms with Crippen molar-refractivity contribution < 1.29 is 18.0 Å². The van der Waals surface area contributed by atoms with Crippen LogP contribution in [0.1, 0.15) is 6.92 Å². The van der Waals surface area contributed by atoms with Crippen molar-refractivity contribution in [2.45, 2.75) is 17.1 Å². The lowest BCUT2D eigenvalue weighted by atomic mass is 10.1. The van der Waals surface area contributed by atoms with E-state index >= 15 is 0 Å². The first-order valence-electron chi connectivity index (χ1n) is 7.55. The van der Waals surface area contributed by atoms with Gasteiger partial charge >= 0.3 is 0 Å². The van der Waals surface area contributed by atoms with E-state index < -0.39 is 28.6 Å². The molecule has 25 heavy (non-hydrogen) atoms. The predicted molar refractivity (Wildman–Crippen MR) is 94.2 cm³/mol. The van der Waals surface area contributed by atoms with Crippen LogP contribution in [0.3, 0.4) is 0 Å². The van der Waals surface area contributed by atoms with Crippen molar-refractivity contribution in [2.24, 2.45) is 0 Å². The van der Waals surface area contributed by atoms with Crippen LogP contribution in [0, 0.1) is 17.5 Å². The highest BCUT2D eigenvalue weighted by Crippen LogP contribution is 2.28. The first-order valence-corrected chi connectivity index (χ1v) is 8.43. The molecule has 1 atom stereocenters. The highest BCUT2D eigenvalue weighted by molar-refractivity contribution is 8.00. The van der Waals surface area contributed by atoms with E-state index in [1.54, 1.807) is 6.92 Å². The largest absolute Gasteiger partial charge is 0.323 e. The van der Waals surface area contributed by atoms with E-state index in [2.05, 4.69) is 5.32 Å². The van der Waals surface area contributed by atoms with E-state index in [0.29, 0.717) is 0 Å². The minimum atomic E-state index is -1.60. The first-order chi connectivity index (χ1) is 12.0. The van der Waals surface area contributed by atoms with E-state index in [1.165, 1.54) is 11.8 Å². The van der Waals surface area contributed by atoms with Gasteiger partial charge in [-0.15, -0.1) is 11.8 Å². The van der Waals surface area contributed by atoms with E-state index in [0.717, 1.165) is 27.8 Å². The lowest BCUT2D eigenvalue weighted by Crippen LogP contribution is -2.23. The summed E-state index contributed by atoms with van der Waals surface area (Å²) in [5, 5.41) is 3.88. The van der Waals surface area contributed by atoms with Crippen molar-refractivity contribution in [3.63, 3.8) is 0 Å². The Morgan fingerprint density at radius 2 is 1.68 bits per heavy atom. The molecule has 0 bridgehead atoms. The average Bonchev–Trinajstić information content (AvgIpc) is 2.62. The smallest absolute Gasteiger partial charge is 0.237 e. The molecule has 0 spiro atoms. The van der Waals surface area contributed by atoms with Crippen molar-refractivity contribution in [1.29, 1.82) is 0 Å². The number of carbonyl (C=O) groups excluding carboxylic acids is 1. The summed E-state index contributed by atoms with van der Waals surface area (Å²) in [7, 11) is 0. The molecule has 3 rings (SSSR count). The number of anilines is 1. The summed E-state index contributed by atoms with van der Waals surface area (Å²) in [6, 6.07) is 15.4. The van der Waals surface area contributed by atoms with Gasteiger partial charge in [0.2, 0.25) is 5.91 Å². The fraction of sp³-hybridized carbons (Fsp3) is 0.105. The van der Waals surface area contributed by atoms with Crippen LogP contribution in [0.5, 0.6) is 0 Å². The Bertz CT molecular complexity index is 945. The van der Waals surface area contributed by atoms with E-state index in [9.17, 15) is 18.0 Å². The molecule has 1 amide bonds. The highest BCUT2D eigenvalue weighted by atomic mass is 32.2. The quantitative estimate of drug-likeness (QED) is 0.500. The number of rotatable bonds is 4. The molecule has 3 aromatic rings. The minimum Gasteiger partial charge on any atom is -0.323 e. The lowest BCUT2D eigenvalue weighted by molar-refractivity contribution is -0.115. The second kappa shape index (κ2) is 7.19. The molecule has 0 fully saturated rings. The van der Waals surface area contributed by atoms with Crippen molar-refractivity contribution in [2.75, 3.05) is 5.32 Å². The van der Waals surface area contributed by atoms with Crippen LogP contribution < -0.4 is 5.32 Å². The third-order valence-corrected chi connectivity index (χ3v) is 4.79. The van der Waals surface area contributed by atoms with Crippen LogP contribution in [0.25, 0.3) is 10.8 Å². The zero-order valence-electron chi connectivity index (χ0n) is 13.2. The fourth-order valence-corrected chi connectivity index (χ4v) is 3.27. The standard InChI is InChI=1S/C19H14F3NOS/c1-11(19(24)23-16-9-8-15(20)17(21)18(16)22)25-14-7-6-12-4-2-3-5-13(12)10-14/h2-11H,1H3,(H,23,24). The number of hydrogen-bond donors (Lipinski definition) is 1. The van der Waals surface area contributed by atoms with Gasteiger partial charge < -0.3 is 5.32 Å². The van der Waals surface area contributed by atoms with Gasteiger partial charge in [0.15, 0.2) is 17.5 Å². The summed E-state index contributed by atoms with van der Waals surface area (Å²) in [5.74, 6) is -4.80. The number of amides is 1. The molecule has 0 aliphatic rings. The van der Waals surface area contributed by atoms with Crippen LogP contribution in [0.2, 0.25) is 0 Å². The molecular formula is C19H14F3NOS. The van der Waals surface area contributed by atoms with Crippen LogP contribution in [-0.4, -0.2) is 11.2 Å². The normalized spacial score (nSPS) is 12.2. The molecule has 2 nitrogen and oxygen atoms in total. The third kappa shape index (κ3) is 3.79. The van der Waals surface area contributed by atoms with Gasteiger partial charge in [-0.05, 0) is 42.0 Å². The van der Waals surface area contributed by atoms with Crippen molar-refractivity contribution in [1.82, 2.24) is 0 Å². The zero-order chi connectivity index (χ0) is 18.0. The number of halogens is 3. The van der Waals surface area contributed by atoms with Gasteiger partial charge in [-0.1, -0.05) is 30.3 Å². The van der Waals surface area contributed by atoms with Crippen LogP contribution >= 0.6 is 11.8 Å². The number of hydrogen-bond acceptors (Lipinski definition) is 2. The van der Waals surface area contributed by atoms with Crippen LogP contribution in [0.4, 0.5) is 18.9 Å². The molecule has 6 heteroatoms. The van der Waals surface area contributed by atoms with Crippen molar-refractivity contribution in [3.05, 3.63) is 72.0 Å². The maximum Gasteiger partial charge on any atom is 0.237 e. The molecule has 128 valence electrons. The average molecular weight is 361 g/mol. The second-order valence-electron chi connectivity index (χ2n) is 5.48. The summed E-state index contributed by atoms with van der Waals surface area (Å²) in [6.45, 7) is 1.66. The summed E-state index contributed by atoms with van der Waals surface area (Å²) in [4.78, 5) is 13.1. The number of benzene rings is 3. The predicted octanol–water partition coefficient (Wildman–Crippen LogP) is 5.38. The lowest BCUT2D eigenvalue weighted by Gasteiger charge is -2.13. The second-order valence-corrected chi connectivity index (χ2v) is 6.90. The fourth-order valence-electron chi connectivity index (χ4n) is 2.36. The van der Waals surface area contributed by atoms with Crippen LogP contribution in [0.15, 0.2) is 59.5 Å². The molecule has 0 heterocycles. The molecule has 0 aliphatic heterocycles. The molecule has 1 unspecified atom stereocenters. The topological polar surface area (TPSA) is 29.1 Å². The Labute approximate surface area is 147 Å². The SMILES string of the molecule is CC(Sc1ccc2ccccc2c1)C(=O)Nc1ccc(F)c(F)c1F. The van der Waals surface area contributed by atoms with Crippen molar-refractivity contribution in [3.8, 4) is 0 Å². The van der Waals surface area contributed by atoms with E-state index in [-0.39, 0.29) is 5.69 Å². The van der Waals surface area contributed by atoms with E-state index in [1.807, 2.05) is 42.5 Å². The van der Waals surface area contributed by atoms with Gasteiger partial charge in [0, 0.05) is 4.90 Å². The summed E-state index contributed by atoms with van der Waals surface area (Å²) in [5.41, 5.74) is -0.380. The Balaban J connectivity index is 1.73. The Morgan fingerprint density at radius 1 is 0.960 bits per heavy atom. The first kappa shape index (κ1) is 17.4. The number of thioether (sulfide) groups is 1. The van der Waals surface area contributed by atoms with Gasteiger partial charge in [0.05, 0.1) is 10.9 Å². The molecule has 0 aromatic heterocycles. The van der Waals surface area contributed by atoms with Gasteiger partial charge in [0.1, 0.15) is 0 Å². The third-order valence-electron chi connectivity index (χ3n) is 3.70. The highest BCUT2D eigenvalue weighted by Gasteiger charge is 2.19. The van der Waals surface area contributed by atoms with Gasteiger partial charge in [-0.3, -0.25) is 4.79 Å². The van der Waals surface area contributed by atoms with Gasteiger partial charge in [-0.25, -0.2) is 13.2 Å². The van der Waals surface area contributed by atoms with Gasteiger partial charge in [0.25, 0.3) is 0 Å². The van der Waals surface area contributed by atoms with Crippen LogP contribution in [-0.2, 0) is 4.79 Å². The molecule has 3 aromatic carbocycles. The Hall–Kier alpha value is -2.47. The molecule has 1 N–H and O–H groups in total. The molecule has 0 saturated carbocycles. The summed E-state index contributed by atoms with van der Waals surface area (Å²) < 4.78 is 39.8. The molecule has 0 radical (unpaired) electrons. The molecular weight excluding hydrogens is 347 g/mol. The minimum absolute atomic E-state index is 0.380. The summed E-state index contributed by atoms with van der Waals surface area (Å²) >= 11 is 1.30. The van der Waals surface area contributed by atoms with Crippen molar-refractivity contribution >= 4 is 34.1 Å². The molecule has 0 saturated heterocycles. The van der Waals surface area contributed by atoms with E-state index in [4.69, 9.17) is 0 Å². The Morgan fingerprint density at radius 3 is 2.44 bits per heavy atom. The molecule has 0 aliphatic carbocycles. The number of fused-ring (bicyclic) bond motifs is 1. The maximum atomic E-state index is 13.7. The Kier molecular flexibility index (Phi) is 4.99. The number of nitrogens with one attached hydrogen (secondary N) is 1. The summed E-state index contributed by atoms with van der Waals surface area (Å²) in [6.07, 6.45) is 0.